The van der Waals surface area contributed by atoms with Gasteiger partial charge in [-0.15, -0.1) is 0 Å². The first kappa shape index (κ1) is 12.7. The Hall–Kier alpha value is -1.29. The molecule has 0 atom stereocenters. The van der Waals surface area contributed by atoms with Crippen LogP contribution in [0.4, 0.5) is 5.82 Å². The van der Waals surface area contributed by atoms with Gasteiger partial charge in [-0.2, -0.15) is 11.8 Å². The number of benzene rings is 1. The Kier molecular flexibility index (Phi) is 3.35. The Morgan fingerprint density at radius 1 is 1.21 bits per heavy atom. The van der Waals surface area contributed by atoms with E-state index >= 15 is 0 Å². The molecule has 2 aromatic rings. The largest absolute Gasteiger partial charge is 0.367 e. The molecule has 0 bridgehead atoms. The zero-order valence-corrected chi connectivity index (χ0v) is 12.3. The van der Waals surface area contributed by atoms with Crippen molar-refractivity contribution in [2.45, 2.75) is 30.9 Å². The normalized spacial score (nSPS) is 17.2. The topological polar surface area (TPSA) is 37.8 Å². The molecule has 0 amide bonds. The fourth-order valence-electron chi connectivity index (χ4n) is 2.52. The Morgan fingerprint density at radius 2 is 1.89 bits per heavy atom. The van der Waals surface area contributed by atoms with Crippen molar-refractivity contribution in [3.05, 3.63) is 30.0 Å². The number of nitrogens with zero attached hydrogens (tertiary/aromatic N) is 2. The molecule has 1 saturated carbocycles. The molecule has 100 valence electrons. The second-order valence-corrected chi connectivity index (χ2v) is 6.51. The van der Waals surface area contributed by atoms with Gasteiger partial charge in [0.2, 0.25) is 0 Å². The minimum absolute atomic E-state index is 0.416. The van der Waals surface area contributed by atoms with Gasteiger partial charge in [-0.1, -0.05) is 18.6 Å². The second-order valence-electron chi connectivity index (χ2n) is 5.24. The Labute approximate surface area is 118 Å². The number of aryl methyl sites for hydroxylation is 1. The molecule has 0 radical (unpaired) electrons. The molecule has 3 rings (SSSR count). The first-order valence-electron chi connectivity index (χ1n) is 6.75. The summed E-state index contributed by atoms with van der Waals surface area (Å²) in [4.78, 5) is 9.30. The lowest BCUT2D eigenvalue weighted by atomic mass is 9.84. The molecule has 19 heavy (non-hydrogen) atoms. The van der Waals surface area contributed by atoms with E-state index in [0.29, 0.717) is 4.75 Å². The molecule has 1 aliphatic rings. The molecule has 0 unspecified atom stereocenters. The summed E-state index contributed by atoms with van der Waals surface area (Å²) in [6.07, 6.45) is 6.17. The van der Waals surface area contributed by atoms with Gasteiger partial charge in [-0.3, -0.25) is 0 Å². The van der Waals surface area contributed by atoms with Crippen molar-refractivity contribution in [3.63, 3.8) is 0 Å². The summed E-state index contributed by atoms with van der Waals surface area (Å²) < 4.78 is 0.416. The third-order valence-electron chi connectivity index (χ3n) is 4.02. The summed E-state index contributed by atoms with van der Waals surface area (Å²) >= 11 is 1.98. The van der Waals surface area contributed by atoms with Crippen molar-refractivity contribution in [1.82, 2.24) is 9.97 Å². The lowest BCUT2D eigenvalue weighted by Gasteiger charge is -2.40. The summed E-state index contributed by atoms with van der Waals surface area (Å²) in [5.74, 6) is 0.930. The minimum atomic E-state index is 0.416. The molecule has 4 heteroatoms. The van der Waals surface area contributed by atoms with Crippen LogP contribution in [-0.4, -0.2) is 27.5 Å². The zero-order chi connectivity index (χ0) is 13.3. The molecular weight excluding hydrogens is 254 g/mol. The van der Waals surface area contributed by atoms with E-state index in [0.717, 1.165) is 29.1 Å². The summed E-state index contributed by atoms with van der Waals surface area (Å²) in [5.41, 5.74) is 2.91. The molecular formula is C15H19N3S. The average molecular weight is 273 g/mol. The molecule has 3 nitrogen and oxygen atoms in total. The van der Waals surface area contributed by atoms with E-state index in [1.165, 1.54) is 19.3 Å². The van der Waals surface area contributed by atoms with E-state index in [1.807, 2.05) is 43.0 Å². The van der Waals surface area contributed by atoms with E-state index in [1.54, 1.807) is 0 Å². The monoisotopic (exact) mass is 273 g/mol. The van der Waals surface area contributed by atoms with Crippen LogP contribution in [0.15, 0.2) is 24.3 Å². The van der Waals surface area contributed by atoms with E-state index in [2.05, 4.69) is 21.5 Å². The summed E-state index contributed by atoms with van der Waals surface area (Å²) in [7, 11) is 0. The van der Waals surface area contributed by atoms with Crippen molar-refractivity contribution >= 4 is 28.6 Å². The number of fused-ring (bicyclic) bond motifs is 1. The van der Waals surface area contributed by atoms with Gasteiger partial charge >= 0.3 is 0 Å². The van der Waals surface area contributed by atoms with Gasteiger partial charge in [0.05, 0.1) is 16.7 Å². The SMILES string of the molecule is CSC1(CNc2nc3ccccc3nc2C)CCC1. The highest BCUT2D eigenvalue weighted by molar-refractivity contribution is 8.00. The molecule has 1 heterocycles. The van der Waals surface area contributed by atoms with E-state index in [9.17, 15) is 0 Å². The summed E-state index contributed by atoms with van der Waals surface area (Å²) in [5, 5.41) is 3.50. The number of para-hydroxylation sites is 2. The van der Waals surface area contributed by atoms with Crippen LogP contribution in [0.2, 0.25) is 0 Å². The highest BCUT2D eigenvalue weighted by Gasteiger charge is 2.35. The third-order valence-corrected chi connectivity index (χ3v) is 5.44. The second kappa shape index (κ2) is 5.00. The van der Waals surface area contributed by atoms with Crippen molar-refractivity contribution < 1.29 is 0 Å². The maximum absolute atomic E-state index is 4.69. The number of hydrogen-bond donors (Lipinski definition) is 1. The van der Waals surface area contributed by atoms with Gasteiger partial charge < -0.3 is 5.32 Å². The predicted molar refractivity (Wildman–Crippen MR) is 82.9 cm³/mol. The lowest BCUT2D eigenvalue weighted by molar-refractivity contribution is 0.379. The first-order valence-corrected chi connectivity index (χ1v) is 7.97. The van der Waals surface area contributed by atoms with Crippen LogP contribution in [0.3, 0.4) is 0 Å². The minimum Gasteiger partial charge on any atom is -0.367 e. The van der Waals surface area contributed by atoms with E-state index in [-0.39, 0.29) is 0 Å². The quantitative estimate of drug-likeness (QED) is 0.923. The van der Waals surface area contributed by atoms with Crippen molar-refractivity contribution in [1.29, 1.82) is 0 Å². The van der Waals surface area contributed by atoms with Crippen molar-refractivity contribution in [2.24, 2.45) is 0 Å². The molecule has 1 fully saturated rings. The standard InChI is InChI=1S/C15H19N3S/c1-11-14(16-10-15(19-2)8-5-9-15)18-13-7-4-3-6-12(13)17-11/h3-4,6-7H,5,8-10H2,1-2H3,(H,16,18). The molecule has 1 aliphatic carbocycles. The fraction of sp³-hybridized carbons (Fsp3) is 0.467. The summed E-state index contributed by atoms with van der Waals surface area (Å²) in [6, 6.07) is 8.03. The average Bonchev–Trinajstić information content (AvgIpc) is 2.38. The molecule has 0 saturated heterocycles. The van der Waals surface area contributed by atoms with Crippen LogP contribution >= 0.6 is 11.8 Å². The maximum Gasteiger partial charge on any atom is 0.148 e. The van der Waals surface area contributed by atoms with E-state index in [4.69, 9.17) is 0 Å². The molecule has 0 spiro atoms. The zero-order valence-electron chi connectivity index (χ0n) is 11.4. The Bertz CT molecular complexity index is 587. The van der Waals surface area contributed by atoms with Crippen LogP contribution in [0.25, 0.3) is 11.0 Å². The van der Waals surface area contributed by atoms with Crippen LogP contribution in [0.5, 0.6) is 0 Å². The third kappa shape index (κ3) is 2.41. The van der Waals surface area contributed by atoms with Gasteiger partial charge in [-0.05, 0) is 38.2 Å². The Morgan fingerprint density at radius 3 is 2.47 bits per heavy atom. The summed E-state index contributed by atoms with van der Waals surface area (Å²) in [6.45, 7) is 3.01. The predicted octanol–water partition coefficient (Wildman–Crippen LogP) is 3.64. The van der Waals surface area contributed by atoms with Crippen LogP contribution in [-0.2, 0) is 0 Å². The van der Waals surface area contributed by atoms with E-state index < -0.39 is 0 Å². The number of anilines is 1. The van der Waals surface area contributed by atoms with Crippen LogP contribution < -0.4 is 5.32 Å². The molecule has 1 aromatic carbocycles. The molecule has 0 aliphatic heterocycles. The first-order chi connectivity index (χ1) is 9.22. The van der Waals surface area contributed by atoms with Crippen molar-refractivity contribution in [3.8, 4) is 0 Å². The number of aromatic nitrogens is 2. The van der Waals surface area contributed by atoms with Gasteiger partial charge in [0.1, 0.15) is 5.82 Å². The fourth-order valence-corrected chi connectivity index (χ4v) is 3.44. The van der Waals surface area contributed by atoms with Gasteiger partial charge in [0.25, 0.3) is 0 Å². The maximum atomic E-state index is 4.69. The highest BCUT2D eigenvalue weighted by atomic mass is 32.2. The van der Waals surface area contributed by atoms with Gasteiger partial charge in [0.15, 0.2) is 0 Å². The lowest BCUT2D eigenvalue weighted by Crippen LogP contribution is -2.40. The number of rotatable bonds is 4. The highest BCUT2D eigenvalue weighted by Crippen LogP contribution is 2.42. The smallest absolute Gasteiger partial charge is 0.148 e. The number of hydrogen-bond acceptors (Lipinski definition) is 4. The van der Waals surface area contributed by atoms with Crippen molar-refractivity contribution in [2.75, 3.05) is 18.1 Å². The molecule has 1 N–H and O–H groups in total. The van der Waals surface area contributed by atoms with Crippen LogP contribution in [0, 0.1) is 6.92 Å². The molecule has 1 aromatic heterocycles. The van der Waals surface area contributed by atoms with Crippen LogP contribution in [0.1, 0.15) is 25.0 Å². The van der Waals surface area contributed by atoms with Gasteiger partial charge in [0, 0.05) is 11.3 Å². The Balaban J connectivity index is 1.82. The van der Waals surface area contributed by atoms with Gasteiger partial charge in [-0.25, -0.2) is 9.97 Å². The number of thioether (sulfide) groups is 1. The number of nitrogens with one attached hydrogen (secondary N) is 1.